The Morgan fingerprint density at radius 3 is 2.42 bits per heavy atom. The van der Waals surface area contributed by atoms with E-state index in [4.69, 9.17) is 4.74 Å². The van der Waals surface area contributed by atoms with Crippen molar-refractivity contribution in [3.05, 3.63) is 29.8 Å². The number of aliphatic hydroxyl groups is 1. The second-order valence-electron chi connectivity index (χ2n) is 3.92. The molecule has 0 aliphatic carbocycles. The average molecular weight is 267 g/mol. The van der Waals surface area contributed by atoms with Gasteiger partial charge in [-0.1, -0.05) is 12.1 Å². The molecular formula is C13H17NO5. The van der Waals surface area contributed by atoms with Crippen LogP contribution in [-0.4, -0.2) is 43.3 Å². The van der Waals surface area contributed by atoms with Crippen LogP contribution in [0.4, 0.5) is 0 Å². The van der Waals surface area contributed by atoms with E-state index in [0.29, 0.717) is 5.75 Å². The zero-order valence-electron chi connectivity index (χ0n) is 11.0. The molecule has 0 bridgehead atoms. The first-order valence-corrected chi connectivity index (χ1v) is 5.71. The highest BCUT2D eigenvalue weighted by atomic mass is 16.5. The highest BCUT2D eigenvalue weighted by molar-refractivity contribution is 5.99. The molecule has 1 aromatic carbocycles. The lowest BCUT2D eigenvalue weighted by Crippen LogP contribution is -2.48. The number of carbonyl (C=O) groups excluding carboxylic acids is 2. The van der Waals surface area contributed by atoms with Gasteiger partial charge in [0, 0.05) is 0 Å². The summed E-state index contributed by atoms with van der Waals surface area (Å²) in [6.45, 7) is 1.39. The van der Waals surface area contributed by atoms with Crippen LogP contribution in [0.1, 0.15) is 17.3 Å². The van der Waals surface area contributed by atoms with Gasteiger partial charge in [-0.3, -0.25) is 4.79 Å². The summed E-state index contributed by atoms with van der Waals surface area (Å²) in [6.07, 6.45) is -1.06. The molecule has 0 spiro atoms. The first-order valence-electron chi connectivity index (χ1n) is 5.71. The lowest BCUT2D eigenvalue weighted by molar-refractivity contribution is -0.145. The van der Waals surface area contributed by atoms with Gasteiger partial charge in [0.15, 0.2) is 6.04 Å². The van der Waals surface area contributed by atoms with Crippen molar-refractivity contribution in [3.63, 3.8) is 0 Å². The van der Waals surface area contributed by atoms with Crippen LogP contribution >= 0.6 is 0 Å². The fourth-order valence-corrected chi connectivity index (χ4v) is 1.55. The second-order valence-corrected chi connectivity index (χ2v) is 3.92. The van der Waals surface area contributed by atoms with Crippen LogP contribution in [-0.2, 0) is 9.53 Å². The van der Waals surface area contributed by atoms with Gasteiger partial charge >= 0.3 is 5.97 Å². The van der Waals surface area contributed by atoms with Crippen molar-refractivity contribution in [1.29, 1.82) is 0 Å². The summed E-state index contributed by atoms with van der Waals surface area (Å²) in [6, 6.07) is 5.46. The van der Waals surface area contributed by atoms with Crippen molar-refractivity contribution < 1.29 is 24.2 Å². The lowest BCUT2D eigenvalue weighted by atomic mass is 10.1. The van der Waals surface area contributed by atoms with E-state index in [-0.39, 0.29) is 5.56 Å². The van der Waals surface area contributed by atoms with Gasteiger partial charge in [-0.05, 0) is 19.1 Å². The first-order chi connectivity index (χ1) is 9.01. The molecule has 1 aromatic rings. The van der Waals surface area contributed by atoms with Gasteiger partial charge in [-0.25, -0.2) is 4.79 Å². The summed E-state index contributed by atoms with van der Waals surface area (Å²) in [5, 5.41) is 11.9. The van der Waals surface area contributed by atoms with Gasteiger partial charge in [0.25, 0.3) is 5.91 Å². The molecule has 1 rings (SSSR count). The molecule has 0 saturated carbocycles. The Labute approximate surface area is 111 Å². The number of aliphatic hydroxyl groups excluding tert-OH is 1. The molecule has 6 heteroatoms. The van der Waals surface area contributed by atoms with E-state index >= 15 is 0 Å². The summed E-state index contributed by atoms with van der Waals surface area (Å²) in [7, 11) is 2.63. The minimum absolute atomic E-state index is 0.277. The van der Waals surface area contributed by atoms with E-state index in [2.05, 4.69) is 10.1 Å². The number of carbonyl (C=O) groups is 2. The topological polar surface area (TPSA) is 84.9 Å². The summed E-state index contributed by atoms with van der Waals surface area (Å²) in [4.78, 5) is 23.5. The zero-order valence-corrected chi connectivity index (χ0v) is 11.0. The lowest BCUT2D eigenvalue weighted by Gasteiger charge is -2.19. The molecule has 0 unspecified atom stereocenters. The smallest absolute Gasteiger partial charge is 0.331 e. The van der Waals surface area contributed by atoms with Gasteiger partial charge in [-0.2, -0.15) is 0 Å². The van der Waals surface area contributed by atoms with Crippen molar-refractivity contribution in [3.8, 4) is 5.75 Å². The number of para-hydroxylation sites is 1. The molecule has 0 radical (unpaired) electrons. The van der Waals surface area contributed by atoms with Crippen LogP contribution in [0.2, 0.25) is 0 Å². The SMILES string of the molecule is COC(=O)[C@H](NC(=O)c1ccccc1OC)[C@H](C)O. The van der Waals surface area contributed by atoms with Crippen LogP contribution in [0, 0.1) is 0 Å². The molecular weight excluding hydrogens is 250 g/mol. The number of amides is 1. The minimum atomic E-state index is -1.12. The van der Waals surface area contributed by atoms with Gasteiger partial charge in [0.1, 0.15) is 5.75 Å². The molecule has 0 fully saturated rings. The first kappa shape index (κ1) is 15.0. The van der Waals surface area contributed by atoms with E-state index < -0.39 is 24.0 Å². The van der Waals surface area contributed by atoms with E-state index in [1.54, 1.807) is 24.3 Å². The number of esters is 1. The molecule has 0 heterocycles. The number of methoxy groups -OCH3 is 2. The fourth-order valence-electron chi connectivity index (χ4n) is 1.55. The Kier molecular flexibility index (Phi) is 5.32. The van der Waals surface area contributed by atoms with E-state index in [9.17, 15) is 14.7 Å². The number of hydrogen-bond donors (Lipinski definition) is 2. The molecule has 2 N–H and O–H groups in total. The highest BCUT2D eigenvalue weighted by Gasteiger charge is 2.27. The normalized spacial score (nSPS) is 13.3. The minimum Gasteiger partial charge on any atom is -0.496 e. The van der Waals surface area contributed by atoms with Crippen molar-refractivity contribution in [2.45, 2.75) is 19.1 Å². The number of benzene rings is 1. The molecule has 2 atom stereocenters. The number of ether oxygens (including phenoxy) is 2. The standard InChI is InChI=1S/C13H17NO5/c1-8(15)11(13(17)19-3)14-12(16)9-6-4-5-7-10(9)18-2/h4-8,11,15H,1-3H3,(H,14,16)/t8-,11+/m0/s1. The van der Waals surface area contributed by atoms with Crippen LogP contribution in [0.3, 0.4) is 0 Å². The zero-order chi connectivity index (χ0) is 14.4. The van der Waals surface area contributed by atoms with Gasteiger partial charge in [-0.15, -0.1) is 0 Å². The maximum Gasteiger partial charge on any atom is 0.331 e. The monoisotopic (exact) mass is 267 g/mol. The van der Waals surface area contributed by atoms with Gasteiger partial charge in [0.2, 0.25) is 0 Å². The molecule has 1 amide bonds. The number of hydrogen-bond acceptors (Lipinski definition) is 5. The Hall–Kier alpha value is -2.08. The van der Waals surface area contributed by atoms with Crippen molar-refractivity contribution in [2.75, 3.05) is 14.2 Å². The van der Waals surface area contributed by atoms with Crippen LogP contribution in [0.25, 0.3) is 0 Å². The molecule has 104 valence electrons. The van der Waals surface area contributed by atoms with Crippen LogP contribution in [0.5, 0.6) is 5.75 Å². The highest BCUT2D eigenvalue weighted by Crippen LogP contribution is 2.17. The summed E-state index contributed by atoms with van der Waals surface area (Å²) in [5.41, 5.74) is 0.277. The van der Waals surface area contributed by atoms with Crippen molar-refractivity contribution in [2.24, 2.45) is 0 Å². The molecule has 0 aromatic heterocycles. The Bertz CT molecular complexity index is 458. The van der Waals surface area contributed by atoms with Crippen LogP contribution in [0.15, 0.2) is 24.3 Å². The predicted octanol–water partition coefficient (Wildman–Crippen LogP) is 0.347. The summed E-state index contributed by atoms with van der Waals surface area (Å²) in [5.74, 6) is -0.846. The molecule has 0 aliphatic rings. The largest absolute Gasteiger partial charge is 0.496 e. The number of nitrogens with one attached hydrogen (secondary N) is 1. The maximum atomic E-state index is 12.0. The molecule has 0 aliphatic heterocycles. The second kappa shape index (κ2) is 6.75. The summed E-state index contributed by atoms with van der Waals surface area (Å²) >= 11 is 0. The van der Waals surface area contributed by atoms with Crippen molar-refractivity contribution in [1.82, 2.24) is 5.32 Å². The Morgan fingerprint density at radius 1 is 1.26 bits per heavy atom. The van der Waals surface area contributed by atoms with Crippen molar-refractivity contribution >= 4 is 11.9 Å². The molecule has 6 nitrogen and oxygen atoms in total. The van der Waals surface area contributed by atoms with E-state index in [1.165, 1.54) is 21.1 Å². The third kappa shape index (κ3) is 3.69. The summed E-state index contributed by atoms with van der Waals surface area (Å²) < 4.78 is 9.58. The number of rotatable bonds is 5. The third-order valence-electron chi connectivity index (χ3n) is 2.58. The molecule has 19 heavy (non-hydrogen) atoms. The Balaban J connectivity index is 2.91. The van der Waals surface area contributed by atoms with E-state index in [1.807, 2.05) is 0 Å². The van der Waals surface area contributed by atoms with Crippen LogP contribution < -0.4 is 10.1 Å². The van der Waals surface area contributed by atoms with Gasteiger partial charge < -0.3 is 19.9 Å². The quantitative estimate of drug-likeness (QED) is 0.752. The van der Waals surface area contributed by atoms with Gasteiger partial charge in [0.05, 0.1) is 25.9 Å². The van der Waals surface area contributed by atoms with E-state index in [0.717, 1.165) is 0 Å². The predicted molar refractivity (Wildman–Crippen MR) is 67.9 cm³/mol. The third-order valence-corrected chi connectivity index (χ3v) is 2.58. The average Bonchev–Trinajstić information content (AvgIpc) is 2.43. The fraction of sp³-hybridized carbons (Fsp3) is 0.385. The Morgan fingerprint density at radius 2 is 1.89 bits per heavy atom. The maximum absolute atomic E-state index is 12.0. The molecule has 0 saturated heterocycles.